The van der Waals surface area contributed by atoms with E-state index < -0.39 is 0 Å². The number of aliphatic hydroxyl groups is 1. The second-order valence-electron chi connectivity index (χ2n) is 7.02. The minimum atomic E-state index is 0.278. The van der Waals surface area contributed by atoms with Crippen LogP contribution in [0.3, 0.4) is 0 Å². The Kier molecular flexibility index (Phi) is 11.3. The molecule has 0 aromatic rings. The molecule has 0 saturated heterocycles. The summed E-state index contributed by atoms with van der Waals surface area (Å²) < 4.78 is 0.973. The predicted molar refractivity (Wildman–Crippen MR) is 101 cm³/mol. The average molecular weight is 324 g/mol. The molecule has 23 heavy (non-hydrogen) atoms. The molecule has 0 aromatic carbocycles. The lowest BCUT2D eigenvalue weighted by Crippen LogP contribution is -2.53. The number of nitrogens with zero attached hydrogens (tertiary/aromatic N) is 2. The zero-order valence-corrected chi connectivity index (χ0v) is 15.4. The molecule has 1 aliphatic rings. The SMILES string of the molecule is C=CCCCCCCCCCCCC1N=CC[N+]1(CC)CCO. The van der Waals surface area contributed by atoms with E-state index in [0.29, 0.717) is 6.17 Å². The van der Waals surface area contributed by atoms with Crippen LogP contribution in [0.5, 0.6) is 0 Å². The number of unbranched alkanes of at least 4 members (excludes halogenated alkanes) is 9. The van der Waals surface area contributed by atoms with E-state index >= 15 is 0 Å². The number of aliphatic imine (C=N–C) groups is 1. The van der Waals surface area contributed by atoms with E-state index in [1.807, 2.05) is 6.08 Å². The van der Waals surface area contributed by atoms with Crippen molar-refractivity contribution in [3.8, 4) is 0 Å². The van der Waals surface area contributed by atoms with Gasteiger partial charge in [-0.15, -0.1) is 6.58 Å². The first-order chi connectivity index (χ1) is 11.3. The van der Waals surface area contributed by atoms with Crippen molar-refractivity contribution in [1.82, 2.24) is 0 Å². The van der Waals surface area contributed by atoms with Crippen LogP contribution in [0, 0.1) is 0 Å². The quantitative estimate of drug-likeness (QED) is 0.264. The van der Waals surface area contributed by atoms with Gasteiger partial charge in [0.25, 0.3) is 0 Å². The second kappa shape index (κ2) is 12.7. The lowest BCUT2D eigenvalue weighted by atomic mass is 10.0. The highest BCUT2D eigenvalue weighted by Crippen LogP contribution is 2.24. The number of allylic oxidation sites excluding steroid dienone is 1. The summed E-state index contributed by atoms with van der Waals surface area (Å²) in [6.45, 7) is 9.22. The van der Waals surface area contributed by atoms with Crippen LogP contribution in [0.1, 0.15) is 77.6 Å². The third kappa shape index (κ3) is 7.63. The Labute approximate surface area is 144 Å². The van der Waals surface area contributed by atoms with Gasteiger partial charge in [0.2, 0.25) is 0 Å². The van der Waals surface area contributed by atoms with Gasteiger partial charge in [0, 0.05) is 6.42 Å². The molecule has 3 nitrogen and oxygen atoms in total. The molecule has 1 N–H and O–H groups in total. The van der Waals surface area contributed by atoms with Crippen molar-refractivity contribution < 1.29 is 9.59 Å². The van der Waals surface area contributed by atoms with Gasteiger partial charge in [0.1, 0.15) is 13.1 Å². The Hall–Kier alpha value is -0.670. The molecule has 2 unspecified atom stereocenters. The summed E-state index contributed by atoms with van der Waals surface area (Å²) in [6, 6.07) is 0. The van der Waals surface area contributed by atoms with Gasteiger partial charge < -0.3 is 5.11 Å². The molecule has 0 saturated carbocycles. The van der Waals surface area contributed by atoms with Crippen molar-refractivity contribution in [3.63, 3.8) is 0 Å². The van der Waals surface area contributed by atoms with Crippen molar-refractivity contribution in [2.45, 2.75) is 83.7 Å². The molecule has 0 spiro atoms. The largest absolute Gasteiger partial charge is 0.391 e. The normalized spacial score (nSPS) is 23.5. The number of rotatable bonds is 15. The molecule has 0 aromatic heterocycles. The molecule has 1 rings (SSSR count). The van der Waals surface area contributed by atoms with Crippen LogP contribution in [0.25, 0.3) is 0 Å². The Morgan fingerprint density at radius 3 is 2.26 bits per heavy atom. The van der Waals surface area contributed by atoms with Crippen molar-refractivity contribution in [1.29, 1.82) is 0 Å². The van der Waals surface area contributed by atoms with Gasteiger partial charge in [-0.05, 0) is 26.2 Å². The van der Waals surface area contributed by atoms with Crippen LogP contribution in [-0.2, 0) is 0 Å². The fourth-order valence-corrected chi connectivity index (χ4v) is 3.73. The highest BCUT2D eigenvalue weighted by atomic mass is 16.3. The molecule has 1 heterocycles. The minimum absolute atomic E-state index is 0.278. The van der Waals surface area contributed by atoms with E-state index in [0.717, 1.165) is 24.1 Å². The number of hydrogen-bond donors (Lipinski definition) is 1. The number of aliphatic hydroxyl groups excluding tert-OH is 1. The van der Waals surface area contributed by atoms with Crippen LogP contribution in [0.15, 0.2) is 17.6 Å². The average Bonchev–Trinajstić information content (AvgIpc) is 2.96. The highest BCUT2D eigenvalue weighted by molar-refractivity contribution is 5.60. The van der Waals surface area contributed by atoms with Crippen LogP contribution in [-0.4, -0.2) is 48.2 Å². The molecule has 0 radical (unpaired) electrons. The standard InChI is InChI=1S/C20H39N2O/c1-3-5-6-7-8-9-10-11-12-13-14-15-20-21-16-17-22(20,4-2)18-19-23/h3,16,20,23H,1,4-15,17-19H2,2H3/q+1. The van der Waals surface area contributed by atoms with E-state index in [1.54, 1.807) is 0 Å². The minimum Gasteiger partial charge on any atom is -0.391 e. The molecule has 3 heteroatoms. The van der Waals surface area contributed by atoms with Gasteiger partial charge in [-0.25, -0.2) is 4.99 Å². The lowest BCUT2D eigenvalue weighted by molar-refractivity contribution is -0.936. The fourth-order valence-electron chi connectivity index (χ4n) is 3.73. The smallest absolute Gasteiger partial charge is 0.182 e. The number of hydrogen-bond acceptors (Lipinski definition) is 2. The summed E-state index contributed by atoms with van der Waals surface area (Å²) in [6.07, 6.45) is 19.1. The summed E-state index contributed by atoms with van der Waals surface area (Å²) in [5, 5.41) is 9.32. The van der Waals surface area contributed by atoms with E-state index in [-0.39, 0.29) is 6.61 Å². The third-order valence-electron chi connectivity index (χ3n) is 5.40. The molecule has 0 amide bonds. The van der Waals surface area contributed by atoms with E-state index in [1.165, 1.54) is 70.6 Å². The maximum Gasteiger partial charge on any atom is 0.182 e. The summed E-state index contributed by atoms with van der Waals surface area (Å²) in [5.74, 6) is 0. The summed E-state index contributed by atoms with van der Waals surface area (Å²) in [5.41, 5.74) is 0. The zero-order valence-electron chi connectivity index (χ0n) is 15.4. The van der Waals surface area contributed by atoms with Crippen LogP contribution >= 0.6 is 0 Å². The first kappa shape index (κ1) is 20.4. The summed E-state index contributed by atoms with van der Waals surface area (Å²) >= 11 is 0. The van der Waals surface area contributed by atoms with E-state index in [4.69, 9.17) is 4.99 Å². The first-order valence-corrected chi connectivity index (χ1v) is 9.88. The van der Waals surface area contributed by atoms with Crippen molar-refractivity contribution >= 4 is 6.21 Å². The molecule has 0 aliphatic carbocycles. The molecular weight excluding hydrogens is 284 g/mol. The van der Waals surface area contributed by atoms with Gasteiger partial charge in [-0.3, -0.25) is 4.48 Å². The summed E-state index contributed by atoms with van der Waals surface area (Å²) in [4.78, 5) is 4.69. The first-order valence-electron chi connectivity index (χ1n) is 9.88. The lowest BCUT2D eigenvalue weighted by Gasteiger charge is -2.37. The van der Waals surface area contributed by atoms with E-state index in [9.17, 15) is 5.11 Å². The molecule has 2 atom stereocenters. The molecule has 0 fully saturated rings. The third-order valence-corrected chi connectivity index (χ3v) is 5.40. The van der Waals surface area contributed by atoms with Crippen molar-refractivity contribution in [3.05, 3.63) is 12.7 Å². The topological polar surface area (TPSA) is 32.6 Å². The number of likely N-dealkylation sites (N-methyl/N-ethyl adjacent to an activating group) is 1. The van der Waals surface area contributed by atoms with Gasteiger partial charge in [0.15, 0.2) is 6.17 Å². The van der Waals surface area contributed by atoms with Gasteiger partial charge in [-0.1, -0.05) is 51.0 Å². The Morgan fingerprint density at radius 2 is 1.70 bits per heavy atom. The highest BCUT2D eigenvalue weighted by Gasteiger charge is 2.36. The van der Waals surface area contributed by atoms with Crippen molar-refractivity contribution in [2.24, 2.45) is 4.99 Å². The maximum absolute atomic E-state index is 9.32. The summed E-state index contributed by atoms with van der Waals surface area (Å²) in [7, 11) is 0. The molecular formula is C20H39N2O+. The molecule has 0 bridgehead atoms. The molecule has 134 valence electrons. The van der Waals surface area contributed by atoms with Crippen LogP contribution in [0.2, 0.25) is 0 Å². The van der Waals surface area contributed by atoms with Crippen molar-refractivity contribution in [2.75, 3.05) is 26.2 Å². The predicted octanol–water partition coefficient (Wildman–Crippen LogP) is 4.70. The monoisotopic (exact) mass is 323 g/mol. The number of quaternary nitrogens is 1. The zero-order chi connectivity index (χ0) is 16.8. The Balaban J connectivity index is 2.00. The Morgan fingerprint density at radius 1 is 1.09 bits per heavy atom. The van der Waals surface area contributed by atoms with Gasteiger partial charge in [0.05, 0.1) is 19.4 Å². The van der Waals surface area contributed by atoms with Gasteiger partial charge in [-0.2, -0.15) is 0 Å². The van der Waals surface area contributed by atoms with Gasteiger partial charge >= 0.3 is 0 Å². The van der Waals surface area contributed by atoms with Crippen LogP contribution < -0.4 is 0 Å². The van der Waals surface area contributed by atoms with Crippen LogP contribution in [0.4, 0.5) is 0 Å². The van der Waals surface area contributed by atoms with E-state index in [2.05, 4.69) is 19.7 Å². The fraction of sp³-hybridized carbons (Fsp3) is 0.850. The maximum atomic E-state index is 9.32. The second-order valence-corrected chi connectivity index (χ2v) is 7.02. The Bertz CT molecular complexity index is 330. The molecule has 1 aliphatic heterocycles.